The van der Waals surface area contributed by atoms with Crippen molar-refractivity contribution in [1.29, 1.82) is 0 Å². The Bertz CT molecular complexity index is 351. The summed E-state index contributed by atoms with van der Waals surface area (Å²) < 4.78 is 12.3. The van der Waals surface area contributed by atoms with Gasteiger partial charge < -0.3 is 9.47 Å². The van der Waals surface area contributed by atoms with Gasteiger partial charge in [0.25, 0.3) is 0 Å². The summed E-state index contributed by atoms with van der Waals surface area (Å²) >= 11 is 4.74. The zero-order valence-electron chi connectivity index (χ0n) is 14.8. The number of halogens is 2. The first kappa shape index (κ1) is 22.4. The van der Waals surface area contributed by atoms with Crippen LogP contribution >= 0.6 is 45.2 Å². The lowest BCUT2D eigenvalue weighted by Gasteiger charge is -2.28. The average molecular weight is 564 g/mol. The minimum absolute atomic E-state index is 0.0876. The third kappa shape index (κ3) is 11.1. The Hall–Kier alpha value is 0.400. The molecule has 0 aliphatic heterocycles. The highest BCUT2D eigenvalue weighted by atomic mass is 127. The summed E-state index contributed by atoms with van der Waals surface area (Å²) in [4.78, 5) is 23.8. The lowest BCUT2D eigenvalue weighted by atomic mass is 9.94. The third-order valence-corrected chi connectivity index (χ3v) is 5.39. The van der Waals surface area contributed by atoms with Crippen LogP contribution in [0.4, 0.5) is 0 Å². The number of ether oxygens (including phenoxy) is 2. The SMILES string of the molecule is CC(I)CCCC(=O)OC1CCCC(OC(=O)CCCC(C)I)C1. The maximum absolute atomic E-state index is 11.9. The second kappa shape index (κ2) is 12.7. The molecule has 4 atom stereocenters. The summed E-state index contributed by atoms with van der Waals surface area (Å²) in [5.41, 5.74) is 0. The molecule has 0 radical (unpaired) electrons. The van der Waals surface area contributed by atoms with E-state index in [1.807, 2.05) is 0 Å². The Kier molecular flexibility index (Phi) is 11.9. The summed E-state index contributed by atoms with van der Waals surface area (Å²) in [5, 5.41) is 0. The molecule has 6 heteroatoms. The van der Waals surface area contributed by atoms with Crippen molar-refractivity contribution in [3.05, 3.63) is 0 Å². The molecule has 0 spiro atoms. The minimum atomic E-state index is -0.111. The van der Waals surface area contributed by atoms with Crippen molar-refractivity contribution >= 4 is 57.1 Å². The van der Waals surface area contributed by atoms with E-state index in [1.165, 1.54) is 0 Å². The van der Waals surface area contributed by atoms with Gasteiger partial charge in [0.15, 0.2) is 0 Å². The van der Waals surface area contributed by atoms with Gasteiger partial charge >= 0.3 is 11.9 Å². The molecule has 4 unspecified atom stereocenters. The standard InChI is InChI=1S/C18H30I2O4/c1-13(19)6-3-10-17(21)23-15-8-5-9-16(12-15)24-18(22)11-4-7-14(2)20/h13-16H,3-12H2,1-2H3. The van der Waals surface area contributed by atoms with Gasteiger partial charge in [-0.15, -0.1) is 0 Å². The fourth-order valence-corrected chi connectivity index (χ4v) is 3.74. The van der Waals surface area contributed by atoms with Crippen molar-refractivity contribution in [1.82, 2.24) is 0 Å². The number of rotatable bonds is 10. The predicted molar refractivity (Wildman–Crippen MR) is 113 cm³/mol. The van der Waals surface area contributed by atoms with Crippen LogP contribution in [0.5, 0.6) is 0 Å². The maximum atomic E-state index is 11.9. The van der Waals surface area contributed by atoms with Gasteiger partial charge in [-0.3, -0.25) is 9.59 Å². The number of carbonyl (C=O) groups excluding carboxylic acids is 2. The maximum Gasteiger partial charge on any atom is 0.306 e. The molecular weight excluding hydrogens is 534 g/mol. The highest BCUT2D eigenvalue weighted by Gasteiger charge is 2.27. The minimum Gasteiger partial charge on any atom is -0.462 e. The Morgan fingerprint density at radius 3 is 1.71 bits per heavy atom. The molecular formula is C18H30I2O4. The van der Waals surface area contributed by atoms with E-state index < -0.39 is 0 Å². The molecule has 140 valence electrons. The number of alkyl halides is 2. The molecule has 4 nitrogen and oxygen atoms in total. The van der Waals surface area contributed by atoms with Gasteiger partial charge in [-0.05, 0) is 44.9 Å². The van der Waals surface area contributed by atoms with Gasteiger partial charge in [-0.25, -0.2) is 0 Å². The predicted octanol–water partition coefficient (Wildman–Crippen LogP) is 5.37. The van der Waals surface area contributed by atoms with Crippen LogP contribution in [0.2, 0.25) is 0 Å². The van der Waals surface area contributed by atoms with E-state index in [0.29, 0.717) is 27.1 Å². The monoisotopic (exact) mass is 564 g/mol. The first-order chi connectivity index (χ1) is 11.4. The Balaban J connectivity index is 2.23. The van der Waals surface area contributed by atoms with Crippen LogP contribution in [0.3, 0.4) is 0 Å². The van der Waals surface area contributed by atoms with Gasteiger partial charge in [0.1, 0.15) is 12.2 Å². The van der Waals surface area contributed by atoms with E-state index in [0.717, 1.165) is 44.9 Å². The van der Waals surface area contributed by atoms with Gasteiger partial charge in [0.2, 0.25) is 0 Å². The van der Waals surface area contributed by atoms with Crippen molar-refractivity contribution in [2.24, 2.45) is 0 Å². The smallest absolute Gasteiger partial charge is 0.306 e. The fraction of sp³-hybridized carbons (Fsp3) is 0.889. The quantitative estimate of drug-likeness (QED) is 0.204. The van der Waals surface area contributed by atoms with E-state index in [-0.39, 0.29) is 24.1 Å². The molecule has 1 aliphatic rings. The zero-order chi connectivity index (χ0) is 17.9. The van der Waals surface area contributed by atoms with Crippen LogP contribution in [0, 0.1) is 0 Å². The molecule has 0 aromatic rings. The van der Waals surface area contributed by atoms with Gasteiger partial charge in [0, 0.05) is 27.1 Å². The second-order valence-electron chi connectivity index (χ2n) is 6.74. The molecule has 1 aliphatic carbocycles. The molecule has 0 amide bonds. The summed E-state index contributed by atoms with van der Waals surface area (Å²) in [5.74, 6) is -0.222. The summed E-state index contributed by atoms with van der Waals surface area (Å²) in [6, 6.07) is 0. The first-order valence-corrected chi connectivity index (χ1v) is 11.5. The summed E-state index contributed by atoms with van der Waals surface area (Å²) in [6.07, 6.45) is 8.01. The second-order valence-corrected chi connectivity index (χ2v) is 11.0. The van der Waals surface area contributed by atoms with Crippen molar-refractivity contribution in [3.63, 3.8) is 0 Å². The van der Waals surface area contributed by atoms with Crippen LogP contribution < -0.4 is 0 Å². The molecule has 1 rings (SSSR count). The Morgan fingerprint density at radius 1 is 0.917 bits per heavy atom. The van der Waals surface area contributed by atoms with Gasteiger partial charge in [-0.1, -0.05) is 59.0 Å². The van der Waals surface area contributed by atoms with Crippen molar-refractivity contribution in [3.8, 4) is 0 Å². The molecule has 0 bridgehead atoms. The molecule has 0 heterocycles. The molecule has 0 N–H and O–H groups in total. The highest BCUT2D eigenvalue weighted by Crippen LogP contribution is 2.25. The van der Waals surface area contributed by atoms with E-state index in [4.69, 9.17) is 9.47 Å². The highest BCUT2D eigenvalue weighted by molar-refractivity contribution is 14.1. The normalized spacial score (nSPS) is 23.3. The number of hydrogen-bond donors (Lipinski definition) is 0. The van der Waals surface area contributed by atoms with Gasteiger partial charge in [-0.2, -0.15) is 0 Å². The fourth-order valence-electron chi connectivity index (χ4n) is 2.86. The number of carbonyl (C=O) groups is 2. The zero-order valence-corrected chi connectivity index (χ0v) is 19.1. The molecule has 0 aromatic carbocycles. The molecule has 1 saturated carbocycles. The summed E-state index contributed by atoms with van der Waals surface area (Å²) in [6.45, 7) is 4.29. The van der Waals surface area contributed by atoms with Crippen molar-refractivity contribution in [2.75, 3.05) is 0 Å². The van der Waals surface area contributed by atoms with Crippen LogP contribution in [0.1, 0.15) is 78.1 Å². The van der Waals surface area contributed by atoms with Gasteiger partial charge in [0.05, 0.1) is 0 Å². The first-order valence-electron chi connectivity index (χ1n) is 9.04. The molecule has 0 saturated heterocycles. The topological polar surface area (TPSA) is 52.6 Å². The lowest BCUT2D eigenvalue weighted by Crippen LogP contribution is -2.31. The lowest BCUT2D eigenvalue weighted by molar-refractivity contribution is -0.158. The molecule has 24 heavy (non-hydrogen) atoms. The van der Waals surface area contributed by atoms with Crippen LogP contribution in [-0.2, 0) is 19.1 Å². The molecule has 1 fully saturated rings. The van der Waals surface area contributed by atoms with Crippen molar-refractivity contribution < 1.29 is 19.1 Å². The van der Waals surface area contributed by atoms with Crippen LogP contribution in [0.15, 0.2) is 0 Å². The number of esters is 2. The number of hydrogen-bond acceptors (Lipinski definition) is 4. The van der Waals surface area contributed by atoms with Crippen LogP contribution in [-0.4, -0.2) is 32.0 Å². The van der Waals surface area contributed by atoms with E-state index in [9.17, 15) is 9.59 Å². The third-order valence-electron chi connectivity index (χ3n) is 4.14. The average Bonchev–Trinajstić information content (AvgIpc) is 2.46. The molecule has 0 aromatic heterocycles. The van der Waals surface area contributed by atoms with Crippen LogP contribution in [0.25, 0.3) is 0 Å². The largest absolute Gasteiger partial charge is 0.462 e. The van der Waals surface area contributed by atoms with Crippen molar-refractivity contribution in [2.45, 2.75) is 98.1 Å². The van der Waals surface area contributed by atoms with E-state index >= 15 is 0 Å². The Labute approximate surface area is 173 Å². The van der Waals surface area contributed by atoms with E-state index in [1.54, 1.807) is 0 Å². The van der Waals surface area contributed by atoms with E-state index in [2.05, 4.69) is 59.0 Å². The Morgan fingerprint density at radius 2 is 1.33 bits per heavy atom. The summed E-state index contributed by atoms with van der Waals surface area (Å²) in [7, 11) is 0.